The summed E-state index contributed by atoms with van der Waals surface area (Å²) in [4.78, 5) is 0. The summed E-state index contributed by atoms with van der Waals surface area (Å²) in [6.45, 7) is 13.8. The van der Waals surface area contributed by atoms with Gasteiger partial charge in [-0.2, -0.15) is 0 Å². The second-order valence-corrected chi connectivity index (χ2v) is 5.55. The zero-order chi connectivity index (χ0) is 11.0. The van der Waals surface area contributed by atoms with E-state index in [1.165, 1.54) is 0 Å². The lowest BCUT2D eigenvalue weighted by molar-refractivity contribution is -0.329. The van der Waals surface area contributed by atoms with E-state index in [-0.39, 0.29) is 11.2 Å². The highest BCUT2D eigenvalue weighted by atomic mass is 16.7. The standard InChI is InChI=1S/C12H24O2/c1-7-12(6)13-8-11(4,5)10(14-12)9(2)3/h9-10H,7-8H2,1-6H3. The van der Waals surface area contributed by atoms with E-state index in [2.05, 4.69) is 34.6 Å². The van der Waals surface area contributed by atoms with Crippen LogP contribution in [0, 0.1) is 11.3 Å². The van der Waals surface area contributed by atoms with Crippen molar-refractivity contribution in [1.82, 2.24) is 0 Å². The molecule has 0 bridgehead atoms. The number of hydrogen-bond acceptors (Lipinski definition) is 2. The summed E-state index contributed by atoms with van der Waals surface area (Å²) in [5.74, 6) is 0.171. The lowest BCUT2D eigenvalue weighted by Gasteiger charge is -2.48. The Balaban J connectivity index is 2.77. The Labute approximate surface area is 88.0 Å². The van der Waals surface area contributed by atoms with Gasteiger partial charge in [0.25, 0.3) is 0 Å². The molecule has 2 unspecified atom stereocenters. The molecule has 0 aromatic rings. The van der Waals surface area contributed by atoms with Gasteiger partial charge in [-0.1, -0.05) is 34.6 Å². The largest absolute Gasteiger partial charge is 0.350 e. The van der Waals surface area contributed by atoms with E-state index in [1.54, 1.807) is 0 Å². The zero-order valence-corrected chi connectivity index (χ0v) is 10.4. The van der Waals surface area contributed by atoms with Crippen LogP contribution in [0.2, 0.25) is 0 Å². The molecular weight excluding hydrogens is 176 g/mol. The fourth-order valence-corrected chi connectivity index (χ4v) is 2.11. The molecule has 0 N–H and O–H groups in total. The maximum atomic E-state index is 6.08. The molecule has 2 atom stereocenters. The molecule has 0 aromatic carbocycles. The number of rotatable bonds is 2. The molecule has 1 fully saturated rings. The molecule has 1 aliphatic heterocycles. The summed E-state index contributed by atoms with van der Waals surface area (Å²) in [5, 5.41) is 0. The molecule has 2 heteroatoms. The van der Waals surface area contributed by atoms with Crippen LogP contribution >= 0.6 is 0 Å². The van der Waals surface area contributed by atoms with Crippen LogP contribution in [0.5, 0.6) is 0 Å². The molecule has 0 aromatic heterocycles. The Hall–Kier alpha value is -0.0800. The van der Waals surface area contributed by atoms with Gasteiger partial charge in [0, 0.05) is 5.41 Å². The van der Waals surface area contributed by atoms with Crippen molar-refractivity contribution in [2.45, 2.75) is 59.9 Å². The van der Waals surface area contributed by atoms with Gasteiger partial charge in [-0.25, -0.2) is 0 Å². The molecule has 1 saturated heterocycles. The third kappa shape index (κ3) is 2.29. The van der Waals surface area contributed by atoms with Crippen LogP contribution < -0.4 is 0 Å². The Morgan fingerprint density at radius 3 is 2.29 bits per heavy atom. The van der Waals surface area contributed by atoms with E-state index >= 15 is 0 Å². The number of ether oxygens (including phenoxy) is 2. The maximum Gasteiger partial charge on any atom is 0.165 e. The van der Waals surface area contributed by atoms with Crippen LogP contribution in [-0.4, -0.2) is 18.5 Å². The van der Waals surface area contributed by atoms with E-state index in [1.807, 2.05) is 6.92 Å². The highest BCUT2D eigenvalue weighted by Gasteiger charge is 2.44. The lowest BCUT2D eigenvalue weighted by Crippen LogP contribution is -2.53. The molecule has 0 spiro atoms. The van der Waals surface area contributed by atoms with Crippen molar-refractivity contribution in [2.24, 2.45) is 11.3 Å². The summed E-state index contributed by atoms with van der Waals surface area (Å²) in [5.41, 5.74) is 0.128. The van der Waals surface area contributed by atoms with Gasteiger partial charge in [-0.05, 0) is 19.3 Å². The summed E-state index contributed by atoms with van der Waals surface area (Å²) < 4.78 is 11.9. The molecule has 1 rings (SSSR count). The highest BCUT2D eigenvalue weighted by Crippen LogP contribution is 2.39. The predicted octanol–water partition coefficient (Wildman–Crippen LogP) is 3.21. The van der Waals surface area contributed by atoms with Gasteiger partial charge < -0.3 is 9.47 Å². The Morgan fingerprint density at radius 1 is 1.29 bits per heavy atom. The average molecular weight is 200 g/mol. The van der Waals surface area contributed by atoms with Crippen molar-refractivity contribution in [2.75, 3.05) is 6.61 Å². The van der Waals surface area contributed by atoms with Crippen molar-refractivity contribution in [3.63, 3.8) is 0 Å². The lowest BCUT2D eigenvalue weighted by atomic mass is 9.80. The second kappa shape index (κ2) is 3.82. The van der Waals surface area contributed by atoms with Crippen LogP contribution in [-0.2, 0) is 9.47 Å². The third-order valence-corrected chi connectivity index (χ3v) is 3.14. The maximum absolute atomic E-state index is 6.08. The van der Waals surface area contributed by atoms with Crippen LogP contribution in [0.4, 0.5) is 0 Å². The Bertz CT molecular complexity index is 198. The fourth-order valence-electron chi connectivity index (χ4n) is 2.11. The van der Waals surface area contributed by atoms with Crippen molar-refractivity contribution >= 4 is 0 Å². The average Bonchev–Trinajstić information content (AvgIpc) is 2.09. The van der Waals surface area contributed by atoms with Crippen molar-refractivity contribution in [3.8, 4) is 0 Å². The minimum atomic E-state index is -0.371. The van der Waals surface area contributed by atoms with Crippen LogP contribution in [0.1, 0.15) is 48.0 Å². The first-order valence-electron chi connectivity index (χ1n) is 5.62. The van der Waals surface area contributed by atoms with Crippen LogP contribution in [0.25, 0.3) is 0 Å². The van der Waals surface area contributed by atoms with E-state index in [4.69, 9.17) is 9.47 Å². The second-order valence-electron chi connectivity index (χ2n) is 5.55. The van der Waals surface area contributed by atoms with Crippen molar-refractivity contribution in [3.05, 3.63) is 0 Å². The first kappa shape index (κ1) is 12.0. The first-order chi connectivity index (χ1) is 6.31. The minimum Gasteiger partial charge on any atom is -0.350 e. The predicted molar refractivity (Wildman–Crippen MR) is 58.1 cm³/mol. The van der Waals surface area contributed by atoms with Gasteiger partial charge in [0.05, 0.1) is 12.7 Å². The van der Waals surface area contributed by atoms with Crippen LogP contribution in [0.3, 0.4) is 0 Å². The zero-order valence-electron chi connectivity index (χ0n) is 10.4. The number of hydrogen-bond donors (Lipinski definition) is 0. The van der Waals surface area contributed by atoms with E-state index < -0.39 is 0 Å². The third-order valence-electron chi connectivity index (χ3n) is 3.14. The summed E-state index contributed by atoms with van der Waals surface area (Å²) in [6.07, 6.45) is 1.20. The molecular formula is C12H24O2. The normalized spacial score (nSPS) is 37.5. The molecule has 14 heavy (non-hydrogen) atoms. The van der Waals surface area contributed by atoms with Gasteiger partial charge in [-0.3, -0.25) is 0 Å². The van der Waals surface area contributed by atoms with Gasteiger partial charge in [-0.15, -0.1) is 0 Å². The van der Waals surface area contributed by atoms with Gasteiger partial charge >= 0.3 is 0 Å². The molecule has 0 radical (unpaired) electrons. The molecule has 0 aliphatic carbocycles. The summed E-state index contributed by atoms with van der Waals surface area (Å²) in [7, 11) is 0. The first-order valence-corrected chi connectivity index (χ1v) is 5.62. The molecule has 0 amide bonds. The van der Waals surface area contributed by atoms with E-state index in [0.717, 1.165) is 13.0 Å². The monoisotopic (exact) mass is 200 g/mol. The summed E-state index contributed by atoms with van der Waals surface area (Å²) in [6, 6.07) is 0. The Morgan fingerprint density at radius 2 is 1.86 bits per heavy atom. The quantitative estimate of drug-likeness (QED) is 0.681. The molecule has 1 heterocycles. The van der Waals surface area contributed by atoms with Crippen LogP contribution in [0.15, 0.2) is 0 Å². The van der Waals surface area contributed by atoms with Gasteiger partial charge in [0.1, 0.15) is 0 Å². The highest BCUT2D eigenvalue weighted by molar-refractivity contribution is 4.87. The smallest absolute Gasteiger partial charge is 0.165 e. The molecule has 84 valence electrons. The molecule has 2 nitrogen and oxygen atoms in total. The fraction of sp³-hybridized carbons (Fsp3) is 1.00. The van der Waals surface area contributed by atoms with E-state index in [0.29, 0.717) is 12.0 Å². The molecule has 1 aliphatic rings. The van der Waals surface area contributed by atoms with E-state index in [9.17, 15) is 0 Å². The SMILES string of the molecule is CCC1(C)OCC(C)(C)C(C(C)C)O1. The summed E-state index contributed by atoms with van der Waals surface area (Å²) >= 11 is 0. The van der Waals surface area contributed by atoms with Crippen molar-refractivity contribution in [1.29, 1.82) is 0 Å². The topological polar surface area (TPSA) is 18.5 Å². The molecule has 0 saturated carbocycles. The van der Waals surface area contributed by atoms with Crippen molar-refractivity contribution < 1.29 is 9.47 Å². The van der Waals surface area contributed by atoms with Gasteiger partial charge in [0.15, 0.2) is 5.79 Å². The minimum absolute atomic E-state index is 0.128. The van der Waals surface area contributed by atoms with Gasteiger partial charge in [0.2, 0.25) is 0 Å². The Kier molecular flexibility index (Phi) is 3.27.